The van der Waals surface area contributed by atoms with Crippen molar-refractivity contribution in [2.45, 2.75) is 19.9 Å². The van der Waals surface area contributed by atoms with Gasteiger partial charge in [-0.15, -0.1) is 11.3 Å². The number of hydrogen-bond acceptors (Lipinski definition) is 6. The normalized spacial score (nSPS) is 10.4. The molecule has 4 nitrogen and oxygen atoms in total. The van der Waals surface area contributed by atoms with E-state index in [2.05, 4.69) is 32.0 Å². The summed E-state index contributed by atoms with van der Waals surface area (Å²) < 4.78 is 3.91. The molecule has 0 aliphatic heterocycles. The zero-order chi connectivity index (χ0) is 9.80. The van der Waals surface area contributed by atoms with Crippen molar-refractivity contribution in [2.75, 3.05) is 5.32 Å². The van der Waals surface area contributed by atoms with Crippen LogP contribution in [0.2, 0.25) is 0 Å². The third-order valence-electron chi connectivity index (χ3n) is 1.68. The molecular weight excluding hydrogens is 216 g/mol. The van der Waals surface area contributed by atoms with Gasteiger partial charge >= 0.3 is 0 Å². The zero-order valence-corrected chi connectivity index (χ0v) is 9.36. The molecule has 0 aliphatic carbocycles. The Hall–Kier alpha value is -1.01. The molecule has 0 unspecified atom stereocenters. The van der Waals surface area contributed by atoms with Crippen molar-refractivity contribution in [1.29, 1.82) is 0 Å². The number of nitrogens with zero attached hydrogens (tertiary/aromatic N) is 3. The van der Waals surface area contributed by atoms with Crippen molar-refractivity contribution < 1.29 is 0 Å². The van der Waals surface area contributed by atoms with Gasteiger partial charge in [0.05, 0.1) is 17.2 Å². The van der Waals surface area contributed by atoms with Crippen LogP contribution in [0.1, 0.15) is 17.6 Å². The first-order chi connectivity index (χ1) is 6.88. The van der Waals surface area contributed by atoms with E-state index >= 15 is 0 Å². The van der Waals surface area contributed by atoms with E-state index in [1.165, 1.54) is 16.5 Å². The van der Waals surface area contributed by atoms with Crippen LogP contribution >= 0.6 is 22.9 Å². The van der Waals surface area contributed by atoms with Gasteiger partial charge < -0.3 is 5.32 Å². The van der Waals surface area contributed by atoms with Crippen LogP contribution in [0.3, 0.4) is 0 Å². The van der Waals surface area contributed by atoms with Crippen LogP contribution in [0.5, 0.6) is 0 Å². The molecule has 0 amide bonds. The Morgan fingerprint density at radius 1 is 1.50 bits per heavy atom. The number of aromatic nitrogens is 3. The zero-order valence-electron chi connectivity index (χ0n) is 7.73. The van der Waals surface area contributed by atoms with Crippen LogP contribution in [0.4, 0.5) is 5.13 Å². The average molecular weight is 226 g/mol. The maximum atomic E-state index is 4.44. The molecular formula is C8H10N4S2. The van der Waals surface area contributed by atoms with Gasteiger partial charge in [0.25, 0.3) is 0 Å². The van der Waals surface area contributed by atoms with Gasteiger partial charge in [0.15, 0.2) is 0 Å². The summed E-state index contributed by atoms with van der Waals surface area (Å²) in [5.74, 6) is 0. The Morgan fingerprint density at radius 2 is 2.43 bits per heavy atom. The number of anilines is 1. The summed E-state index contributed by atoms with van der Waals surface area (Å²) >= 11 is 3.06. The van der Waals surface area contributed by atoms with Crippen LogP contribution in [-0.2, 0) is 13.0 Å². The van der Waals surface area contributed by atoms with Crippen LogP contribution in [0.15, 0.2) is 11.7 Å². The Balaban J connectivity index is 1.92. The number of thiazole rings is 1. The van der Waals surface area contributed by atoms with Crippen molar-refractivity contribution in [2.24, 2.45) is 0 Å². The third-order valence-corrected chi connectivity index (χ3v) is 3.35. The van der Waals surface area contributed by atoms with Gasteiger partial charge in [0, 0.05) is 16.9 Å². The number of nitrogens with one attached hydrogen (secondary N) is 1. The predicted molar refractivity (Wildman–Crippen MR) is 58.7 cm³/mol. The molecule has 0 saturated heterocycles. The van der Waals surface area contributed by atoms with Crippen LogP contribution in [-0.4, -0.2) is 14.3 Å². The maximum absolute atomic E-state index is 4.44. The molecule has 0 bridgehead atoms. The van der Waals surface area contributed by atoms with Gasteiger partial charge in [-0.2, -0.15) is 4.37 Å². The minimum Gasteiger partial charge on any atom is -0.355 e. The molecule has 1 N–H and O–H groups in total. The average Bonchev–Trinajstić information content (AvgIpc) is 2.86. The smallest absolute Gasteiger partial charge is 0.202 e. The minimum atomic E-state index is 0.728. The first-order valence-corrected chi connectivity index (χ1v) is 5.97. The van der Waals surface area contributed by atoms with E-state index in [1.807, 2.05) is 0 Å². The minimum absolute atomic E-state index is 0.728. The topological polar surface area (TPSA) is 50.7 Å². The summed E-state index contributed by atoms with van der Waals surface area (Å²) in [5, 5.41) is 7.27. The van der Waals surface area contributed by atoms with E-state index < -0.39 is 0 Å². The highest BCUT2D eigenvalue weighted by atomic mass is 32.1. The summed E-state index contributed by atoms with van der Waals surface area (Å²) in [7, 11) is 0. The largest absolute Gasteiger partial charge is 0.355 e. The summed E-state index contributed by atoms with van der Waals surface area (Å²) in [6, 6.07) is 0. The number of hydrogen-bond donors (Lipinski definition) is 1. The second-order valence-electron chi connectivity index (χ2n) is 2.69. The first-order valence-electron chi connectivity index (χ1n) is 4.32. The van der Waals surface area contributed by atoms with Gasteiger partial charge in [0.2, 0.25) is 5.13 Å². The SMILES string of the molecule is CCc1nc(CNc2ncns2)cs1. The fourth-order valence-electron chi connectivity index (χ4n) is 1.01. The van der Waals surface area contributed by atoms with Crippen molar-refractivity contribution in [3.05, 3.63) is 22.4 Å². The lowest BCUT2D eigenvalue weighted by molar-refractivity contribution is 1.01. The van der Waals surface area contributed by atoms with E-state index in [9.17, 15) is 0 Å². The highest BCUT2D eigenvalue weighted by Gasteiger charge is 2.00. The molecule has 2 heterocycles. The van der Waals surface area contributed by atoms with E-state index in [4.69, 9.17) is 0 Å². The highest BCUT2D eigenvalue weighted by Crippen LogP contribution is 2.13. The predicted octanol–water partition coefficient (Wildman–Crippen LogP) is 2.17. The number of aryl methyl sites for hydroxylation is 1. The Bertz CT molecular complexity index is 382. The van der Waals surface area contributed by atoms with Crippen molar-refractivity contribution in [1.82, 2.24) is 14.3 Å². The summed E-state index contributed by atoms with van der Waals surface area (Å²) in [4.78, 5) is 8.47. The first kappa shape index (κ1) is 9.54. The monoisotopic (exact) mass is 226 g/mol. The summed E-state index contributed by atoms with van der Waals surface area (Å²) in [6.45, 7) is 2.84. The van der Waals surface area contributed by atoms with Gasteiger partial charge in [-0.05, 0) is 6.42 Å². The third kappa shape index (κ3) is 2.27. The fourth-order valence-corrected chi connectivity index (χ4v) is 2.18. The lowest BCUT2D eigenvalue weighted by atomic mass is 10.4. The molecule has 0 spiro atoms. The van der Waals surface area contributed by atoms with Crippen molar-refractivity contribution >= 4 is 28.0 Å². The molecule has 0 radical (unpaired) electrons. The molecule has 2 aromatic rings. The number of rotatable bonds is 4. The molecule has 0 fully saturated rings. The van der Waals surface area contributed by atoms with Crippen molar-refractivity contribution in [3.63, 3.8) is 0 Å². The molecule has 2 aromatic heterocycles. The molecule has 0 aliphatic rings. The lowest BCUT2D eigenvalue weighted by Crippen LogP contribution is -1.99. The molecule has 0 saturated carbocycles. The molecule has 14 heavy (non-hydrogen) atoms. The highest BCUT2D eigenvalue weighted by molar-refractivity contribution is 7.10. The molecule has 0 aromatic carbocycles. The molecule has 74 valence electrons. The fraction of sp³-hybridized carbons (Fsp3) is 0.375. The van der Waals surface area contributed by atoms with Gasteiger partial charge in [-0.1, -0.05) is 6.92 Å². The summed E-state index contributed by atoms with van der Waals surface area (Å²) in [5.41, 5.74) is 1.07. The van der Waals surface area contributed by atoms with Crippen LogP contribution in [0, 0.1) is 0 Å². The lowest BCUT2D eigenvalue weighted by Gasteiger charge is -1.96. The Morgan fingerprint density at radius 3 is 3.07 bits per heavy atom. The second kappa shape index (κ2) is 4.47. The molecule has 0 atom stereocenters. The standard InChI is InChI=1S/C8H10N4S2/c1-2-7-12-6(4-13-7)3-9-8-10-5-11-14-8/h4-5H,2-3H2,1H3,(H,9,10,11). The second-order valence-corrected chi connectivity index (χ2v) is 4.41. The van der Waals surface area contributed by atoms with E-state index in [-0.39, 0.29) is 0 Å². The Labute approximate surface area is 90.2 Å². The quantitative estimate of drug-likeness (QED) is 0.868. The van der Waals surface area contributed by atoms with Gasteiger partial charge in [-0.25, -0.2) is 9.97 Å². The van der Waals surface area contributed by atoms with E-state index in [0.29, 0.717) is 0 Å². The van der Waals surface area contributed by atoms with E-state index in [1.54, 1.807) is 17.7 Å². The molecule has 6 heteroatoms. The summed E-state index contributed by atoms with van der Waals surface area (Å²) in [6.07, 6.45) is 2.55. The maximum Gasteiger partial charge on any atom is 0.202 e. The Kier molecular flexibility index (Phi) is 3.05. The molecule has 2 rings (SSSR count). The van der Waals surface area contributed by atoms with E-state index in [0.717, 1.165) is 23.8 Å². The van der Waals surface area contributed by atoms with Crippen LogP contribution in [0.25, 0.3) is 0 Å². The van der Waals surface area contributed by atoms with Crippen molar-refractivity contribution in [3.8, 4) is 0 Å². The van der Waals surface area contributed by atoms with Crippen LogP contribution < -0.4 is 5.32 Å². The van der Waals surface area contributed by atoms with Gasteiger partial charge in [0.1, 0.15) is 6.33 Å². The van der Waals surface area contributed by atoms with Gasteiger partial charge in [-0.3, -0.25) is 0 Å².